The van der Waals surface area contributed by atoms with Crippen LogP contribution in [-0.2, 0) is 14.8 Å². The number of hydrogen-bond donors (Lipinski definition) is 1. The lowest BCUT2D eigenvalue weighted by Gasteiger charge is -2.38. The van der Waals surface area contributed by atoms with Crippen LogP contribution in [0.25, 0.3) is 0 Å². The first-order valence-corrected chi connectivity index (χ1v) is 10.1. The van der Waals surface area contributed by atoms with E-state index in [2.05, 4.69) is 9.46 Å². The molecule has 1 aliphatic heterocycles. The second kappa shape index (κ2) is 6.98. The van der Waals surface area contributed by atoms with Crippen molar-refractivity contribution in [1.29, 1.82) is 0 Å². The number of carbonyl (C=O) groups excluding carboxylic acids is 1. The molecular weight excluding hydrogens is 366 g/mol. The minimum atomic E-state index is -3.84. The summed E-state index contributed by atoms with van der Waals surface area (Å²) in [6, 6.07) is 11.1. The van der Waals surface area contributed by atoms with Crippen LogP contribution in [0.3, 0.4) is 0 Å². The third-order valence-electron chi connectivity index (χ3n) is 4.49. The summed E-state index contributed by atoms with van der Waals surface area (Å²) < 4.78 is 39.3. The number of nitrogens with one attached hydrogen (secondary N) is 1. The van der Waals surface area contributed by atoms with Gasteiger partial charge in [0, 0.05) is 12.0 Å². The van der Waals surface area contributed by atoms with Crippen LogP contribution in [0.4, 0.5) is 0 Å². The van der Waals surface area contributed by atoms with Crippen LogP contribution in [0.5, 0.6) is 5.75 Å². The first-order valence-electron chi connectivity index (χ1n) is 8.61. The summed E-state index contributed by atoms with van der Waals surface area (Å²) >= 11 is 0. The number of hydrogen-bond acceptors (Lipinski definition) is 5. The van der Waals surface area contributed by atoms with Gasteiger partial charge in [0.2, 0.25) is 10.0 Å². The summed E-state index contributed by atoms with van der Waals surface area (Å²) in [5.41, 5.74) is 1.51. The fraction of sp³-hybridized carbons (Fsp3) is 0.350. The zero-order valence-corrected chi connectivity index (χ0v) is 16.6. The van der Waals surface area contributed by atoms with E-state index in [0.29, 0.717) is 12.2 Å². The maximum atomic E-state index is 12.9. The first-order chi connectivity index (χ1) is 12.6. The monoisotopic (exact) mass is 389 g/mol. The number of sulfonamides is 1. The molecule has 0 aromatic heterocycles. The van der Waals surface area contributed by atoms with Crippen LogP contribution in [-0.4, -0.2) is 27.1 Å². The van der Waals surface area contributed by atoms with Crippen LogP contribution in [0.15, 0.2) is 47.4 Å². The highest BCUT2D eigenvalue weighted by molar-refractivity contribution is 7.89. The van der Waals surface area contributed by atoms with Crippen LogP contribution >= 0.6 is 0 Å². The van der Waals surface area contributed by atoms with Crippen LogP contribution in [0.2, 0.25) is 0 Å². The molecule has 2 aromatic carbocycles. The number of ether oxygens (including phenoxy) is 2. The molecule has 1 N–H and O–H groups in total. The van der Waals surface area contributed by atoms with Crippen molar-refractivity contribution in [2.45, 2.75) is 43.7 Å². The number of rotatable bonds is 4. The van der Waals surface area contributed by atoms with E-state index in [1.54, 1.807) is 0 Å². The average Bonchev–Trinajstić information content (AvgIpc) is 2.59. The number of benzene rings is 2. The van der Waals surface area contributed by atoms with E-state index in [-0.39, 0.29) is 10.5 Å². The summed E-state index contributed by atoms with van der Waals surface area (Å²) in [6.07, 6.45) is 0.485. The topological polar surface area (TPSA) is 81.7 Å². The molecule has 7 heteroatoms. The lowest BCUT2D eigenvalue weighted by molar-refractivity contribution is 0.0600. The number of fused-ring (bicyclic) bond motifs is 1. The molecule has 0 radical (unpaired) electrons. The van der Waals surface area contributed by atoms with Crippen molar-refractivity contribution < 1.29 is 22.7 Å². The van der Waals surface area contributed by atoms with Gasteiger partial charge in [-0.2, -0.15) is 0 Å². The zero-order valence-electron chi connectivity index (χ0n) is 15.8. The lowest BCUT2D eigenvalue weighted by atomic mass is 9.90. The Hall–Kier alpha value is -2.38. The normalized spacial score (nSPS) is 18.3. The molecule has 0 spiro atoms. The van der Waals surface area contributed by atoms with E-state index in [0.717, 1.165) is 11.1 Å². The van der Waals surface area contributed by atoms with Crippen molar-refractivity contribution in [2.75, 3.05) is 7.11 Å². The van der Waals surface area contributed by atoms with Crippen molar-refractivity contribution in [3.05, 3.63) is 59.2 Å². The Morgan fingerprint density at radius 3 is 2.67 bits per heavy atom. The minimum absolute atomic E-state index is 0.0170. The molecule has 0 aliphatic carbocycles. The molecule has 1 heterocycles. The van der Waals surface area contributed by atoms with E-state index in [1.165, 1.54) is 31.4 Å². The Bertz CT molecular complexity index is 982. The molecule has 27 heavy (non-hydrogen) atoms. The highest BCUT2D eigenvalue weighted by atomic mass is 32.2. The van der Waals surface area contributed by atoms with Gasteiger partial charge in [-0.15, -0.1) is 0 Å². The highest BCUT2D eigenvalue weighted by Gasteiger charge is 2.36. The molecule has 0 saturated carbocycles. The van der Waals surface area contributed by atoms with Gasteiger partial charge in [-0.1, -0.05) is 18.2 Å². The Morgan fingerprint density at radius 1 is 1.22 bits per heavy atom. The molecule has 144 valence electrons. The second-order valence-corrected chi connectivity index (χ2v) is 9.01. The quantitative estimate of drug-likeness (QED) is 0.811. The molecule has 0 amide bonds. The predicted octanol–water partition coefficient (Wildman–Crippen LogP) is 3.36. The van der Waals surface area contributed by atoms with Crippen LogP contribution < -0.4 is 9.46 Å². The zero-order chi connectivity index (χ0) is 19.8. The van der Waals surface area contributed by atoms with Crippen molar-refractivity contribution in [2.24, 2.45) is 0 Å². The molecule has 0 saturated heterocycles. The minimum Gasteiger partial charge on any atom is -0.487 e. The Labute approximate surface area is 159 Å². The van der Waals surface area contributed by atoms with Crippen molar-refractivity contribution in [3.8, 4) is 5.75 Å². The van der Waals surface area contributed by atoms with E-state index >= 15 is 0 Å². The van der Waals surface area contributed by atoms with E-state index in [9.17, 15) is 13.2 Å². The fourth-order valence-corrected chi connectivity index (χ4v) is 4.49. The van der Waals surface area contributed by atoms with Gasteiger partial charge in [0.15, 0.2) is 0 Å². The van der Waals surface area contributed by atoms with Gasteiger partial charge in [-0.25, -0.2) is 17.9 Å². The number of methoxy groups -OCH3 is 1. The van der Waals surface area contributed by atoms with Gasteiger partial charge in [0.05, 0.1) is 23.6 Å². The smallest absolute Gasteiger partial charge is 0.337 e. The molecule has 1 aliphatic rings. The van der Waals surface area contributed by atoms with Gasteiger partial charge < -0.3 is 9.47 Å². The van der Waals surface area contributed by atoms with Crippen molar-refractivity contribution in [1.82, 2.24) is 4.72 Å². The maximum absolute atomic E-state index is 12.9. The summed E-state index contributed by atoms with van der Waals surface area (Å²) in [7, 11) is -2.59. The SMILES string of the molecule is COC(=O)c1cccc(S(=O)(=O)N[C@H]2CC(C)(C)Oc3cc(C)ccc32)c1. The number of carbonyl (C=O) groups is 1. The highest BCUT2D eigenvalue weighted by Crippen LogP contribution is 2.40. The van der Waals surface area contributed by atoms with E-state index in [4.69, 9.17) is 4.74 Å². The van der Waals surface area contributed by atoms with Crippen LogP contribution in [0.1, 0.15) is 47.8 Å². The number of aryl methyl sites for hydroxylation is 1. The molecule has 0 fully saturated rings. The molecule has 6 nitrogen and oxygen atoms in total. The lowest BCUT2D eigenvalue weighted by Crippen LogP contribution is -2.41. The summed E-state index contributed by atoms with van der Waals surface area (Å²) in [5, 5.41) is 0. The average molecular weight is 389 g/mol. The molecule has 0 unspecified atom stereocenters. The van der Waals surface area contributed by atoms with Gasteiger partial charge in [0.25, 0.3) is 0 Å². The largest absolute Gasteiger partial charge is 0.487 e. The predicted molar refractivity (Wildman–Crippen MR) is 101 cm³/mol. The fourth-order valence-electron chi connectivity index (χ4n) is 3.23. The molecule has 0 bridgehead atoms. The maximum Gasteiger partial charge on any atom is 0.337 e. The third kappa shape index (κ3) is 4.14. The van der Waals surface area contributed by atoms with Gasteiger partial charge in [0.1, 0.15) is 11.4 Å². The summed E-state index contributed by atoms with van der Waals surface area (Å²) in [4.78, 5) is 11.7. The molecule has 1 atom stereocenters. The van der Waals surface area contributed by atoms with Crippen LogP contribution in [0, 0.1) is 6.92 Å². The summed E-state index contributed by atoms with van der Waals surface area (Å²) in [6.45, 7) is 5.82. The Kier molecular flexibility index (Phi) is 5.01. The van der Waals surface area contributed by atoms with Gasteiger partial charge >= 0.3 is 5.97 Å². The molecular formula is C20H23NO5S. The van der Waals surface area contributed by atoms with E-state index in [1.807, 2.05) is 39.0 Å². The first kappa shape index (κ1) is 19.4. The third-order valence-corrected chi connectivity index (χ3v) is 5.96. The molecule has 3 rings (SSSR count). The van der Waals surface area contributed by atoms with Crippen molar-refractivity contribution >= 4 is 16.0 Å². The number of esters is 1. The second-order valence-electron chi connectivity index (χ2n) is 7.30. The Morgan fingerprint density at radius 2 is 1.96 bits per heavy atom. The van der Waals surface area contributed by atoms with Gasteiger partial charge in [-0.3, -0.25) is 0 Å². The Balaban J connectivity index is 1.96. The standard InChI is InChI=1S/C20H23NO5S/c1-13-8-9-16-17(12-20(2,3)26-18(16)10-13)21-27(23,24)15-7-5-6-14(11-15)19(22)25-4/h5-11,17,21H,12H2,1-4H3/t17-/m0/s1. The van der Waals surface area contributed by atoms with Gasteiger partial charge in [-0.05, 0) is 50.6 Å². The molecule has 2 aromatic rings. The van der Waals surface area contributed by atoms with E-state index < -0.39 is 27.6 Å². The summed E-state index contributed by atoms with van der Waals surface area (Å²) in [5.74, 6) is 0.0994. The van der Waals surface area contributed by atoms with Crippen molar-refractivity contribution in [3.63, 3.8) is 0 Å².